The smallest absolute Gasteiger partial charge is 0.269 e. The van der Waals surface area contributed by atoms with Crippen LogP contribution < -0.4 is 9.30 Å². The second-order valence-electron chi connectivity index (χ2n) is 21.7. The molecule has 0 radical (unpaired) electrons. The summed E-state index contributed by atoms with van der Waals surface area (Å²) in [5.74, 6) is 1.62. The summed E-state index contributed by atoms with van der Waals surface area (Å²) in [6, 6.07) is 59.0. The molecular formula is C76H52N4O2. The van der Waals surface area contributed by atoms with Gasteiger partial charge in [0.2, 0.25) is 0 Å². The molecule has 0 bridgehead atoms. The van der Waals surface area contributed by atoms with Crippen molar-refractivity contribution in [2.24, 2.45) is 0 Å². The molecule has 82 heavy (non-hydrogen) atoms. The SMILES string of the molecule is [2H]c1c([2H])c([2H])c(-c2cccc(-c3c([2H])c([2H])c([2H])c([2H])c3[2H])c2-[n+]2[c-]n(-c3cc(Oc4ccc5c6ccccc6n(-c6cc(C(C)(C)C)ccn6)c5c4)c4oc5c6c(ccc5c4c3)-c3ccccc3-c3ccccc3-c3ccccc3-6)c3ccccc32)c([2H])c1[2H]. The molecule has 0 aliphatic heterocycles. The average Bonchev–Trinajstić information content (AvgIpc) is 1.42. The molecule has 15 aromatic rings. The summed E-state index contributed by atoms with van der Waals surface area (Å²) in [7, 11) is 0. The van der Waals surface area contributed by atoms with Crippen molar-refractivity contribution < 1.29 is 27.4 Å². The summed E-state index contributed by atoms with van der Waals surface area (Å²) in [4.78, 5) is 4.96. The molecule has 0 spiro atoms. The molecule has 4 aromatic heterocycles. The Balaban J connectivity index is 0.989. The molecule has 0 amide bonds. The van der Waals surface area contributed by atoms with E-state index in [4.69, 9.17) is 22.4 Å². The van der Waals surface area contributed by atoms with Gasteiger partial charge in [-0.3, -0.25) is 13.7 Å². The fourth-order valence-corrected chi connectivity index (χ4v) is 12.2. The predicted molar refractivity (Wildman–Crippen MR) is 334 cm³/mol. The number of furan rings is 1. The molecule has 16 rings (SSSR count). The topological polar surface area (TPSA) is 49.0 Å². The number of fused-ring (bicyclic) bond motifs is 16. The number of rotatable bonds is 7. The molecule has 0 unspecified atom stereocenters. The Hall–Kier alpha value is -10.6. The lowest BCUT2D eigenvalue weighted by atomic mass is 9.80. The van der Waals surface area contributed by atoms with E-state index < -0.39 is 60.4 Å². The van der Waals surface area contributed by atoms with E-state index in [9.17, 15) is 5.48 Å². The van der Waals surface area contributed by atoms with Crippen molar-refractivity contribution in [1.82, 2.24) is 14.1 Å². The van der Waals surface area contributed by atoms with E-state index in [1.165, 1.54) is 0 Å². The van der Waals surface area contributed by atoms with Crippen molar-refractivity contribution >= 4 is 54.8 Å². The van der Waals surface area contributed by atoms with Crippen LogP contribution in [0.5, 0.6) is 11.5 Å². The first-order valence-electron chi connectivity index (χ1n) is 32.2. The van der Waals surface area contributed by atoms with Crippen LogP contribution >= 0.6 is 0 Å². The number of para-hydroxylation sites is 4. The van der Waals surface area contributed by atoms with Gasteiger partial charge in [0.1, 0.15) is 17.2 Å². The number of aromatic nitrogens is 4. The van der Waals surface area contributed by atoms with Crippen molar-refractivity contribution in [1.29, 1.82) is 0 Å². The van der Waals surface area contributed by atoms with Crippen molar-refractivity contribution in [2.45, 2.75) is 26.2 Å². The predicted octanol–water partition coefficient (Wildman–Crippen LogP) is 19.5. The van der Waals surface area contributed by atoms with Gasteiger partial charge in [0.05, 0.1) is 47.1 Å². The molecule has 388 valence electrons. The highest BCUT2D eigenvalue weighted by Crippen LogP contribution is 2.52. The zero-order valence-corrected chi connectivity index (χ0v) is 44.7. The van der Waals surface area contributed by atoms with E-state index >= 15 is 0 Å². The minimum absolute atomic E-state index is 0.130. The third-order valence-corrected chi connectivity index (χ3v) is 15.9. The molecule has 0 saturated carbocycles. The second kappa shape index (κ2) is 18.5. The highest BCUT2D eigenvalue weighted by atomic mass is 16.5. The Bertz CT molecular complexity index is 5550. The number of ether oxygens (including phenoxy) is 1. The van der Waals surface area contributed by atoms with Gasteiger partial charge < -0.3 is 9.15 Å². The first-order chi connectivity index (χ1) is 44.5. The molecule has 11 aromatic carbocycles. The van der Waals surface area contributed by atoms with Crippen molar-refractivity contribution in [3.63, 3.8) is 0 Å². The summed E-state index contributed by atoms with van der Waals surface area (Å²) in [5, 5.41) is 3.55. The van der Waals surface area contributed by atoms with Crippen LogP contribution in [0, 0.1) is 6.33 Å². The van der Waals surface area contributed by atoms with E-state index in [1.807, 2.05) is 71.4 Å². The molecule has 0 N–H and O–H groups in total. The van der Waals surface area contributed by atoms with E-state index in [2.05, 4.69) is 147 Å². The fraction of sp³-hybridized carbons (Fsp3) is 0.0526. The molecule has 1 aliphatic rings. The number of imidazole rings is 1. The van der Waals surface area contributed by atoms with E-state index in [1.54, 1.807) is 22.8 Å². The normalized spacial score (nSPS) is 13.8. The maximum Gasteiger partial charge on any atom is 0.269 e. The Morgan fingerprint density at radius 2 is 1.06 bits per heavy atom. The summed E-state index contributed by atoms with van der Waals surface area (Å²) >= 11 is 0. The van der Waals surface area contributed by atoms with Crippen LogP contribution in [-0.2, 0) is 5.41 Å². The van der Waals surface area contributed by atoms with Gasteiger partial charge in [-0.25, -0.2) is 4.98 Å². The van der Waals surface area contributed by atoms with Crippen LogP contribution in [0.2, 0.25) is 0 Å². The maximum absolute atomic E-state index is 9.30. The monoisotopic (exact) mass is 1060 g/mol. The van der Waals surface area contributed by atoms with Crippen molar-refractivity contribution in [3.8, 4) is 95.5 Å². The third kappa shape index (κ3) is 7.49. The summed E-state index contributed by atoms with van der Waals surface area (Å²) in [6.07, 6.45) is 5.46. The van der Waals surface area contributed by atoms with Crippen LogP contribution in [-0.4, -0.2) is 14.1 Å². The molecule has 6 nitrogen and oxygen atoms in total. The summed E-state index contributed by atoms with van der Waals surface area (Å²) < 4.78 is 110. The van der Waals surface area contributed by atoms with Gasteiger partial charge in [0.15, 0.2) is 11.3 Å². The van der Waals surface area contributed by atoms with Crippen LogP contribution in [0.4, 0.5) is 0 Å². The average molecular weight is 1060 g/mol. The molecule has 0 fully saturated rings. The summed E-state index contributed by atoms with van der Waals surface area (Å²) in [6.45, 7) is 6.56. The lowest BCUT2D eigenvalue weighted by molar-refractivity contribution is -0.571. The van der Waals surface area contributed by atoms with Gasteiger partial charge in [-0.15, -0.1) is 0 Å². The molecule has 4 heterocycles. The Morgan fingerprint density at radius 1 is 0.488 bits per heavy atom. The highest BCUT2D eigenvalue weighted by Gasteiger charge is 2.28. The minimum atomic E-state index is -0.584. The lowest BCUT2D eigenvalue weighted by Crippen LogP contribution is -2.31. The summed E-state index contributed by atoms with van der Waals surface area (Å²) in [5.41, 5.74) is 13.9. The number of nitrogens with zero attached hydrogens (tertiary/aromatic N) is 4. The Labute approximate surface area is 488 Å². The van der Waals surface area contributed by atoms with Gasteiger partial charge in [0, 0.05) is 39.4 Å². The molecule has 0 saturated heterocycles. The van der Waals surface area contributed by atoms with Gasteiger partial charge >= 0.3 is 0 Å². The standard InChI is InChI=1S/C76H52N4O2/c1-76(2,3)50-41-42-77-71(43-50)80-66-34-17-16-30-60(66)61-38-37-52(46-69(61)80)81-70-45-51(78-47-79(68-36-19-18-35-67(68)78)73-53(48-21-6-4-7-22-48)32-20-33-54(73)49-23-8-5-9-24-49)44-65-64-40-39-63-59-29-13-12-27-57(59)55-25-10-11-26-56(55)58-28-14-15-31-62(58)72(63)75(64)82-74(65)70/h4-46H,1-3H3/i4D,5D,6D,7D,8D,9D,21D,22D,23D,24D. The molecular weight excluding hydrogens is 1000 g/mol. The molecule has 0 atom stereocenters. The number of hydrogen-bond donors (Lipinski definition) is 0. The number of hydrogen-bond acceptors (Lipinski definition) is 3. The van der Waals surface area contributed by atoms with Crippen molar-refractivity contribution in [2.75, 3.05) is 0 Å². The quantitative estimate of drug-likeness (QED) is 0.118. The minimum Gasteiger partial charge on any atom is -0.454 e. The zero-order valence-electron chi connectivity index (χ0n) is 54.7. The first-order valence-corrected chi connectivity index (χ1v) is 27.2. The zero-order chi connectivity index (χ0) is 63.3. The molecule has 1 aliphatic carbocycles. The maximum atomic E-state index is 9.30. The van der Waals surface area contributed by atoms with Gasteiger partial charge in [0.25, 0.3) is 6.33 Å². The van der Waals surface area contributed by atoms with Gasteiger partial charge in [-0.1, -0.05) is 221 Å². The Kier molecular flexibility index (Phi) is 8.61. The second-order valence-corrected chi connectivity index (χ2v) is 21.7. The number of benzene rings is 11. The largest absolute Gasteiger partial charge is 0.454 e. The highest BCUT2D eigenvalue weighted by molar-refractivity contribution is 6.17. The number of pyridine rings is 1. The van der Waals surface area contributed by atoms with Gasteiger partial charge in [-0.2, -0.15) is 0 Å². The lowest BCUT2D eigenvalue weighted by Gasteiger charge is -2.23. The van der Waals surface area contributed by atoms with Gasteiger partial charge in [-0.05, 0) is 121 Å². The third-order valence-electron chi connectivity index (χ3n) is 15.9. The Morgan fingerprint density at radius 3 is 1.74 bits per heavy atom. The first kappa shape index (κ1) is 38.1. The molecule has 6 heteroatoms. The van der Waals surface area contributed by atoms with Crippen LogP contribution in [0.1, 0.15) is 40.0 Å². The van der Waals surface area contributed by atoms with E-state index in [0.29, 0.717) is 44.8 Å². The van der Waals surface area contributed by atoms with Crippen LogP contribution in [0.25, 0.3) is 139 Å². The van der Waals surface area contributed by atoms with Crippen LogP contribution in [0.3, 0.4) is 0 Å². The van der Waals surface area contributed by atoms with Crippen LogP contribution in [0.15, 0.2) is 265 Å². The van der Waals surface area contributed by atoms with E-state index in [-0.39, 0.29) is 33.4 Å². The fourth-order valence-electron chi connectivity index (χ4n) is 12.2. The van der Waals surface area contributed by atoms with E-state index in [0.717, 1.165) is 83.1 Å². The van der Waals surface area contributed by atoms with Crippen molar-refractivity contribution in [3.05, 3.63) is 273 Å².